The van der Waals surface area contributed by atoms with E-state index in [0.29, 0.717) is 31.4 Å². The van der Waals surface area contributed by atoms with E-state index in [9.17, 15) is 4.79 Å². The fourth-order valence-corrected chi connectivity index (χ4v) is 1.65. The maximum absolute atomic E-state index is 11.8. The Labute approximate surface area is 111 Å². The topological polar surface area (TPSA) is 95.4 Å². The number of hydrogen-bond donors (Lipinski definition) is 2. The molecule has 0 saturated carbocycles. The van der Waals surface area contributed by atoms with Crippen molar-refractivity contribution in [2.24, 2.45) is 5.10 Å². The standard InChI is InChI=1S/C11H17N7O/c1-4-12-9-14-10(13-5-2)16-11(15-9)18-8(19)6-7(3)17-18/h4-6H2,1-3H3,(H2,12,13,14,15,16). The van der Waals surface area contributed by atoms with Crippen molar-refractivity contribution < 1.29 is 4.79 Å². The first kappa shape index (κ1) is 13.2. The summed E-state index contributed by atoms with van der Waals surface area (Å²) in [4.78, 5) is 24.4. The molecule has 19 heavy (non-hydrogen) atoms. The van der Waals surface area contributed by atoms with Crippen LogP contribution in [0.4, 0.5) is 17.8 Å². The average molecular weight is 263 g/mol. The Hall–Kier alpha value is -2.25. The Bertz CT molecular complexity index is 490. The van der Waals surface area contributed by atoms with Crippen molar-refractivity contribution in [3.8, 4) is 0 Å². The van der Waals surface area contributed by atoms with Gasteiger partial charge in [-0.25, -0.2) is 0 Å². The van der Waals surface area contributed by atoms with Crippen LogP contribution in [0.3, 0.4) is 0 Å². The van der Waals surface area contributed by atoms with E-state index in [2.05, 4.69) is 30.7 Å². The minimum absolute atomic E-state index is 0.131. The zero-order valence-corrected chi connectivity index (χ0v) is 11.3. The molecule has 0 saturated heterocycles. The summed E-state index contributed by atoms with van der Waals surface area (Å²) >= 11 is 0. The summed E-state index contributed by atoms with van der Waals surface area (Å²) in [7, 11) is 0. The van der Waals surface area contributed by atoms with Crippen LogP contribution < -0.4 is 15.6 Å². The van der Waals surface area contributed by atoms with E-state index in [1.807, 2.05) is 13.8 Å². The number of aromatic nitrogens is 3. The first-order valence-electron chi connectivity index (χ1n) is 6.25. The highest BCUT2D eigenvalue weighted by Crippen LogP contribution is 2.18. The highest BCUT2D eigenvalue weighted by atomic mass is 16.2. The molecule has 0 aromatic carbocycles. The second kappa shape index (κ2) is 5.59. The molecular formula is C11H17N7O. The Morgan fingerprint density at radius 2 is 1.68 bits per heavy atom. The van der Waals surface area contributed by atoms with Crippen molar-refractivity contribution in [1.82, 2.24) is 15.0 Å². The molecule has 2 heterocycles. The fourth-order valence-electron chi connectivity index (χ4n) is 1.65. The Morgan fingerprint density at radius 1 is 1.11 bits per heavy atom. The normalized spacial score (nSPS) is 14.6. The molecule has 0 fully saturated rings. The first-order chi connectivity index (χ1) is 9.13. The van der Waals surface area contributed by atoms with Crippen LogP contribution >= 0.6 is 0 Å². The molecule has 1 aromatic heterocycles. The van der Waals surface area contributed by atoms with Gasteiger partial charge in [-0.1, -0.05) is 0 Å². The third kappa shape index (κ3) is 2.95. The highest BCUT2D eigenvalue weighted by Gasteiger charge is 2.26. The van der Waals surface area contributed by atoms with Gasteiger partial charge in [0, 0.05) is 18.8 Å². The number of carbonyl (C=O) groups excluding carboxylic acids is 1. The van der Waals surface area contributed by atoms with Gasteiger partial charge in [0.05, 0.1) is 6.42 Å². The van der Waals surface area contributed by atoms with Gasteiger partial charge >= 0.3 is 0 Å². The van der Waals surface area contributed by atoms with E-state index in [4.69, 9.17) is 0 Å². The summed E-state index contributed by atoms with van der Waals surface area (Å²) in [5.74, 6) is 0.962. The largest absolute Gasteiger partial charge is 0.354 e. The minimum atomic E-state index is -0.131. The lowest BCUT2D eigenvalue weighted by atomic mass is 10.3. The van der Waals surface area contributed by atoms with Crippen LogP contribution in [0.1, 0.15) is 27.2 Å². The van der Waals surface area contributed by atoms with Gasteiger partial charge in [-0.3, -0.25) is 4.79 Å². The van der Waals surface area contributed by atoms with Gasteiger partial charge < -0.3 is 10.6 Å². The van der Waals surface area contributed by atoms with Crippen molar-refractivity contribution >= 4 is 29.5 Å². The third-order valence-corrected chi connectivity index (χ3v) is 2.40. The maximum Gasteiger partial charge on any atom is 0.260 e. The number of nitrogens with zero attached hydrogens (tertiary/aromatic N) is 5. The lowest BCUT2D eigenvalue weighted by molar-refractivity contribution is -0.117. The van der Waals surface area contributed by atoms with Gasteiger partial charge in [-0.05, 0) is 20.8 Å². The minimum Gasteiger partial charge on any atom is -0.354 e. The summed E-state index contributed by atoms with van der Waals surface area (Å²) in [6.07, 6.45) is 0.304. The number of carbonyl (C=O) groups is 1. The van der Waals surface area contributed by atoms with E-state index in [1.54, 1.807) is 6.92 Å². The zero-order chi connectivity index (χ0) is 13.8. The average Bonchev–Trinajstić information content (AvgIpc) is 2.69. The third-order valence-electron chi connectivity index (χ3n) is 2.40. The van der Waals surface area contributed by atoms with E-state index in [-0.39, 0.29) is 11.9 Å². The smallest absolute Gasteiger partial charge is 0.260 e. The van der Waals surface area contributed by atoms with Crippen LogP contribution in [-0.2, 0) is 4.79 Å². The number of hydrogen-bond acceptors (Lipinski definition) is 7. The van der Waals surface area contributed by atoms with Crippen molar-refractivity contribution in [2.45, 2.75) is 27.2 Å². The van der Waals surface area contributed by atoms with Crippen LogP contribution in [0.25, 0.3) is 0 Å². The number of anilines is 3. The van der Waals surface area contributed by atoms with Crippen molar-refractivity contribution in [3.05, 3.63) is 0 Å². The molecule has 1 aliphatic heterocycles. The lowest BCUT2D eigenvalue weighted by Crippen LogP contribution is -2.23. The molecule has 102 valence electrons. The number of rotatable bonds is 5. The fraction of sp³-hybridized carbons (Fsp3) is 0.545. The van der Waals surface area contributed by atoms with Crippen molar-refractivity contribution in [1.29, 1.82) is 0 Å². The second-order valence-corrected chi connectivity index (χ2v) is 4.06. The van der Waals surface area contributed by atoms with Gasteiger partial charge in [-0.2, -0.15) is 25.1 Å². The molecular weight excluding hydrogens is 246 g/mol. The molecule has 1 aromatic rings. The zero-order valence-electron chi connectivity index (χ0n) is 11.3. The van der Waals surface area contributed by atoms with E-state index >= 15 is 0 Å². The second-order valence-electron chi connectivity index (χ2n) is 4.06. The van der Waals surface area contributed by atoms with Crippen LogP contribution in [0, 0.1) is 0 Å². The Morgan fingerprint density at radius 3 is 2.11 bits per heavy atom. The van der Waals surface area contributed by atoms with Crippen LogP contribution in [0.15, 0.2) is 5.10 Å². The quantitative estimate of drug-likeness (QED) is 0.817. The highest BCUT2D eigenvalue weighted by molar-refractivity contribution is 6.11. The van der Waals surface area contributed by atoms with Crippen LogP contribution in [-0.4, -0.2) is 39.7 Å². The summed E-state index contributed by atoms with van der Waals surface area (Å²) in [5, 5.41) is 11.4. The molecule has 2 N–H and O–H groups in total. The number of amides is 1. The molecule has 0 spiro atoms. The summed E-state index contributed by atoms with van der Waals surface area (Å²) in [6, 6.07) is 0. The number of nitrogens with one attached hydrogen (secondary N) is 2. The summed E-state index contributed by atoms with van der Waals surface area (Å²) in [5.41, 5.74) is 0.750. The SMILES string of the molecule is CCNc1nc(NCC)nc(N2N=C(C)CC2=O)n1. The number of hydrazone groups is 1. The molecule has 8 heteroatoms. The molecule has 0 atom stereocenters. The van der Waals surface area contributed by atoms with Gasteiger partial charge in [0.15, 0.2) is 0 Å². The summed E-state index contributed by atoms with van der Waals surface area (Å²) < 4.78 is 0. The Kier molecular flexibility index (Phi) is 3.88. The monoisotopic (exact) mass is 263 g/mol. The molecule has 1 aliphatic rings. The van der Waals surface area contributed by atoms with Gasteiger partial charge in [0.2, 0.25) is 11.9 Å². The molecule has 8 nitrogen and oxygen atoms in total. The molecule has 0 bridgehead atoms. The summed E-state index contributed by atoms with van der Waals surface area (Å²) in [6.45, 7) is 7.06. The van der Waals surface area contributed by atoms with Crippen LogP contribution in [0.2, 0.25) is 0 Å². The lowest BCUT2D eigenvalue weighted by Gasteiger charge is -2.12. The van der Waals surface area contributed by atoms with E-state index < -0.39 is 0 Å². The molecule has 2 rings (SSSR count). The molecule has 0 aliphatic carbocycles. The van der Waals surface area contributed by atoms with Crippen molar-refractivity contribution in [3.63, 3.8) is 0 Å². The first-order valence-corrected chi connectivity index (χ1v) is 6.25. The molecule has 1 amide bonds. The Balaban J connectivity index is 2.35. The molecule has 0 unspecified atom stereocenters. The van der Waals surface area contributed by atoms with E-state index in [1.165, 1.54) is 5.01 Å². The van der Waals surface area contributed by atoms with Crippen molar-refractivity contribution in [2.75, 3.05) is 28.7 Å². The van der Waals surface area contributed by atoms with Gasteiger partial charge in [-0.15, -0.1) is 0 Å². The van der Waals surface area contributed by atoms with Gasteiger partial charge in [0.25, 0.3) is 11.9 Å². The molecule has 0 radical (unpaired) electrons. The predicted molar refractivity (Wildman–Crippen MR) is 73.4 cm³/mol. The predicted octanol–water partition coefficient (Wildman–Crippen LogP) is 0.848. The van der Waals surface area contributed by atoms with E-state index in [0.717, 1.165) is 5.71 Å². The maximum atomic E-state index is 11.8. The van der Waals surface area contributed by atoms with Crippen LogP contribution in [0.5, 0.6) is 0 Å². The van der Waals surface area contributed by atoms with Gasteiger partial charge in [0.1, 0.15) is 0 Å².